The van der Waals surface area contributed by atoms with E-state index in [2.05, 4.69) is 9.97 Å². The van der Waals surface area contributed by atoms with Crippen molar-refractivity contribution in [1.29, 1.82) is 0 Å². The summed E-state index contributed by atoms with van der Waals surface area (Å²) >= 11 is 6.49. The van der Waals surface area contributed by atoms with Crippen LogP contribution in [-0.4, -0.2) is 42.3 Å². The van der Waals surface area contributed by atoms with Gasteiger partial charge in [0.05, 0.1) is 10.7 Å². The first-order valence-corrected chi connectivity index (χ1v) is 9.74. The number of aryl methyl sites for hydroxylation is 2. The molecule has 3 aromatic rings. The predicted octanol–water partition coefficient (Wildman–Crippen LogP) is 4.05. The lowest BCUT2D eigenvalue weighted by Gasteiger charge is -2.17. The molecule has 0 aliphatic heterocycles. The lowest BCUT2D eigenvalue weighted by molar-refractivity contribution is 0.191. The second-order valence-corrected chi connectivity index (χ2v) is 7.47. The van der Waals surface area contributed by atoms with Crippen molar-refractivity contribution < 1.29 is 9.13 Å². The van der Waals surface area contributed by atoms with E-state index in [0.717, 1.165) is 12.8 Å². The molecule has 3 rings (SSSR count). The lowest BCUT2D eigenvalue weighted by Crippen LogP contribution is -2.25. The molecule has 0 spiro atoms. The Morgan fingerprint density at radius 2 is 2.00 bits per heavy atom. The average Bonchev–Trinajstić information content (AvgIpc) is 2.68. The van der Waals surface area contributed by atoms with Gasteiger partial charge >= 0.3 is 0 Å². The van der Waals surface area contributed by atoms with Crippen molar-refractivity contribution in [3.8, 4) is 11.1 Å². The number of nitrogens with zero attached hydrogens (tertiary/aromatic N) is 4. The maximum atomic E-state index is 14.6. The maximum Gasteiger partial charge on any atom is 0.273 e. The minimum Gasteiger partial charge on any atom is -0.385 e. The van der Waals surface area contributed by atoms with Gasteiger partial charge in [0.2, 0.25) is 0 Å². The standard InChI is InChI=1S/C21H24ClFN4O2/c1-13-21(28)27(9-5-6-10-29-4)20-19(25-13)14(7-8-24-20)15-11-17(23)18(26(2)3)12-16(15)22/h7-8,11-12H,5-6,9-10H2,1-4H3. The molecule has 0 aliphatic rings. The number of hydrogen-bond acceptors (Lipinski definition) is 5. The first-order valence-electron chi connectivity index (χ1n) is 9.37. The molecule has 154 valence electrons. The highest BCUT2D eigenvalue weighted by Crippen LogP contribution is 2.35. The second kappa shape index (κ2) is 8.88. The third-order valence-corrected chi connectivity index (χ3v) is 5.10. The van der Waals surface area contributed by atoms with Crippen LogP contribution in [0.15, 0.2) is 29.2 Å². The van der Waals surface area contributed by atoms with E-state index in [9.17, 15) is 9.18 Å². The summed E-state index contributed by atoms with van der Waals surface area (Å²) < 4.78 is 21.3. The fraction of sp³-hybridized carbons (Fsp3) is 0.381. The first-order chi connectivity index (χ1) is 13.8. The van der Waals surface area contributed by atoms with E-state index >= 15 is 0 Å². The number of unbranched alkanes of at least 4 members (excludes halogenated alkanes) is 1. The number of hydrogen-bond donors (Lipinski definition) is 0. The van der Waals surface area contributed by atoms with E-state index in [1.54, 1.807) is 55.9 Å². The number of aromatic nitrogens is 3. The number of halogens is 2. The Labute approximate surface area is 173 Å². The highest BCUT2D eigenvalue weighted by Gasteiger charge is 2.17. The number of benzene rings is 1. The molecule has 0 saturated carbocycles. The molecule has 2 aromatic heterocycles. The smallest absolute Gasteiger partial charge is 0.273 e. The number of rotatable bonds is 7. The van der Waals surface area contributed by atoms with Gasteiger partial charge in [-0.15, -0.1) is 0 Å². The molecule has 0 atom stereocenters. The number of fused-ring (bicyclic) bond motifs is 1. The van der Waals surface area contributed by atoms with Crippen LogP contribution in [-0.2, 0) is 11.3 Å². The quantitative estimate of drug-likeness (QED) is 0.542. The van der Waals surface area contributed by atoms with E-state index < -0.39 is 0 Å². The van der Waals surface area contributed by atoms with E-state index in [1.807, 2.05) is 0 Å². The van der Waals surface area contributed by atoms with E-state index in [0.29, 0.717) is 51.8 Å². The molecule has 29 heavy (non-hydrogen) atoms. The van der Waals surface area contributed by atoms with Crippen molar-refractivity contribution in [2.24, 2.45) is 0 Å². The monoisotopic (exact) mass is 418 g/mol. The third kappa shape index (κ3) is 4.26. The van der Waals surface area contributed by atoms with Crippen LogP contribution >= 0.6 is 11.6 Å². The van der Waals surface area contributed by atoms with Gasteiger partial charge in [-0.3, -0.25) is 9.36 Å². The molecule has 2 heterocycles. The minimum absolute atomic E-state index is 0.181. The summed E-state index contributed by atoms with van der Waals surface area (Å²) in [6, 6.07) is 4.73. The summed E-state index contributed by atoms with van der Waals surface area (Å²) in [6.07, 6.45) is 3.19. The van der Waals surface area contributed by atoms with E-state index in [4.69, 9.17) is 16.3 Å². The van der Waals surface area contributed by atoms with E-state index in [-0.39, 0.29) is 11.4 Å². The van der Waals surface area contributed by atoms with Crippen molar-refractivity contribution >= 4 is 28.5 Å². The van der Waals surface area contributed by atoms with E-state index in [1.165, 1.54) is 6.07 Å². The molecular formula is C21H24ClFN4O2. The van der Waals surface area contributed by atoms with Gasteiger partial charge in [0.1, 0.15) is 17.0 Å². The largest absolute Gasteiger partial charge is 0.385 e. The summed E-state index contributed by atoms with van der Waals surface area (Å²) in [5.74, 6) is -0.385. The molecule has 0 fully saturated rings. The van der Waals surface area contributed by atoms with Crippen LogP contribution in [0, 0.1) is 12.7 Å². The van der Waals surface area contributed by atoms with Crippen molar-refractivity contribution in [2.75, 3.05) is 32.7 Å². The molecule has 0 N–H and O–H groups in total. The molecule has 0 unspecified atom stereocenters. The third-order valence-electron chi connectivity index (χ3n) is 4.78. The van der Waals surface area contributed by atoms with Gasteiger partial charge < -0.3 is 9.64 Å². The van der Waals surface area contributed by atoms with Crippen LogP contribution < -0.4 is 10.5 Å². The fourth-order valence-corrected chi connectivity index (χ4v) is 3.54. The van der Waals surface area contributed by atoms with Gasteiger partial charge in [0.25, 0.3) is 5.56 Å². The summed E-state index contributed by atoms with van der Waals surface area (Å²) in [5, 5.41) is 0.403. The summed E-state index contributed by atoms with van der Waals surface area (Å²) in [5.41, 5.74) is 2.71. The number of pyridine rings is 1. The molecule has 1 aromatic carbocycles. The Morgan fingerprint density at radius 3 is 2.69 bits per heavy atom. The average molecular weight is 419 g/mol. The SMILES string of the molecule is COCCCCn1c(=O)c(C)nc2c(-c3cc(F)c(N(C)C)cc3Cl)ccnc21. The highest BCUT2D eigenvalue weighted by molar-refractivity contribution is 6.34. The molecule has 0 aliphatic carbocycles. The van der Waals surface area contributed by atoms with Crippen LogP contribution in [0.5, 0.6) is 0 Å². The van der Waals surface area contributed by atoms with Crippen LogP contribution in [0.1, 0.15) is 18.5 Å². The Hall–Kier alpha value is -2.51. The Balaban J connectivity index is 2.17. The number of anilines is 1. The molecule has 0 radical (unpaired) electrons. The highest BCUT2D eigenvalue weighted by atomic mass is 35.5. The lowest BCUT2D eigenvalue weighted by atomic mass is 10.0. The zero-order valence-electron chi connectivity index (χ0n) is 17.0. The van der Waals surface area contributed by atoms with Crippen molar-refractivity contribution in [3.05, 3.63) is 51.3 Å². The van der Waals surface area contributed by atoms with Crippen LogP contribution in [0.3, 0.4) is 0 Å². The normalized spacial score (nSPS) is 11.2. The van der Waals surface area contributed by atoms with Gasteiger partial charge in [-0.25, -0.2) is 14.4 Å². The van der Waals surface area contributed by atoms with Crippen molar-refractivity contribution in [2.45, 2.75) is 26.3 Å². The summed E-state index contributed by atoms with van der Waals surface area (Å²) in [4.78, 5) is 23.2. The fourth-order valence-electron chi connectivity index (χ4n) is 3.28. The van der Waals surface area contributed by atoms with Gasteiger partial charge in [-0.05, 0) is 38.0 Å². The Kier molecular flexibility index (Phi) is 6.49. The van der Waals surface area contributed by atoms with Crippen molar-refractivity contribution in [3.63, 3.8) is 0 Å². The summed E-state index contributed by atoms with van der Waals surface area (Å²) in [7, 11) is 5.16. The summed E-state index contributed by atoms with van der Waals surface area (Å²) in [6.45, 7) is 2.80. The van der Waals surface area contributed by atoms with Crippen LogP contribution in [0.2, 0.25) is 5.02 Å². The molecular weight excluding hydrogens is 395 g/mol. The molecule has 0 saturated heterocycles. The number of ether oxygens (including phenoxy) is 1. The van der Waals surface area contributed by atoms with Gasteiger partial charge in [-0.2, -0.15) is 0 Å². The molecule has 8 heteroatoms. The van der Waals surface area contributed by atoms with Crippen molar-refractivity contribution in [1.82, 2.24) is 14.5 Å². The molecule has 0 amide bonds. The maximum absolute atomic E-state index is 14.6. The topological polar surface area (TPSA) is 60.3 Å². The predicted molar refractivity (Wildman–Crippen MR) is 114 cm³/mol. The van der Waals surface area contributed by atoms with Gasteiger partial charge in [0, 0.05) is 51.7 Å². The zero-order valence-corrected chi connectivity index (χ0v) is 17.8. The number of methoxy groups -OCH3 is 1. The zero-order chi connectivity index (χ0) is 21.1. The van der Waals surface area contributed by atoms with Gasteiger partial charge in [-0.1, -0.05) is 11.6 Å². The van der Waals surface area contributed by atoms with Crippen LogP contribution in [0.25, 0.3) is 22.3 Å². The molecule has 0 bridgehead atoms. The van der Waals surface area contributed by atoms with Crippen LogP contribution in [0.4, 0.5) is 10.1 Å². The van der Waals surface area contributed by atoms with Gasteiger partial charge in [0.15, 0.2) is 5.65 Å². The second-order valence-electron chi connectivity index (χ2n) is 7.06. The minimum atomic E-state index is -0.385. The Morgan fingerprint density at radius 1 is 1.24 bits per heavy atom. The first kappa shape index (κ1) is 21.2. The Bertz CT molecular complexity index is 1100. The molecule has 6 nitrogen and oxygen atoms in total.